The van der Waals surface area contributed by atoms with Gasteiger partial charge in [0.1, 0.15) is 23.5 Å². The first kappa shape index (κ1) is 20.5. The van der Waals surface area contributed by atoms with E-state index in [0.717, 1.165) is 35.7 Å². The maximum absolute atomic E-state index is 13.3. The average Bonchev–Trinajstić information content (AvgIpc) is 3.27. The van der Waals surface area contributed by atoms with Gasteiger partial charge in [-0.3, -0.25) is 9.36 Å². The fraction of sp³-hybridized carbons (Fsp3) is 0.261. The topological polar surface area (TPSA) is 85.3 Å². The summed E-state index contributed by atoms with van der Waals surface area (Å²) in [5.74, 6) is 1.56. The molecule has 0 bridgehead atoms. The Balaban J connectivity index is 1.53. The Morgan fingerprint density at radius 2 is 1.97 bits per heavy atom. The second-order valence-corrected chi connectivity index (χ2v) is 8.00. The van der Waals surface area contributed by atoms with E-state index in [1.807, 2.05) is 19.1 Å². The number of nitrogens with zero attached hydrogens (tertiary/aromatic N) is 4. The van der Waals surface area contributed by atoms with E-state index in [1.165, 1.54) is 10.9 Å². The first-order valence-electron chi connectivity index (χ1n) is 10.3. The Morgan fingerprint density at radius 1 is 1.16 bits per heavy atom. The zero-order valence-corrected chi connectivity index (χ0v) is 18.5. The summed E-state index contributed by atoms with van der Waals surface area (Å²) >= 11 is 6.43. The second kappa shape index (κ2) is 8.29. The predicted octanol–water partition coefficient (Wildman–Crippen LogP) is 3.58. The van der Waals surface area contributed by atoms with Crippen LogP contribution in [0.2, 0.25) is 5.02 Å². The summed E-state index contributed by atoms with van der Waals surface area (Å²) in [5.41, 5.74) is 3.27. The van der Waals surface area contributed by atoms with Gasteiger partial charge in [0.05, 0.1) is 36.4 Å². The molecule has 0 atom stereocenters. The summed E-state index contributed by atoms with van der Waals surface area (Å²) in [6.07, 6.45) is 3.29. The van der Waals surface area contributed by atoms with Gasteiger partial charge in [0.2, 0.25) is 0 Å². The number of ether oxygens (including phenoxy) is 2. The summed E-state index contributed by atoms with van der Waals surface area (Å²) in [4.78, 5) is 27.8. The zero-order chi connectivity index (χ0) is 22.2. The van der Waals surface area contributed by atoms with Crippen molar-refractivity contribution in [3.8, 4) is 22.7 Å². The molecule has 0 spiro atoms. The van der Waals surface area contributed by atoms with Gasteiger partial charge in [0.15, 0.2) is 0 Å². The predicted molar refractivity (Wildman–Crippen MR) is 124 cm³/mol. The lowest BCUT2D eigenvalue weighted by Gasteiger charge is -2.27. The fourth-order valence-electron chi connectivity index (χ4n) is 4.01. The molecular formula is C23H22ClN5O3. The van der Waals surface area contributed by atoms with Crippen LogP contribution in [0.25, 0.3) is 28.0 Å². The molecule has 164 valence electrons. The Kier molecular flexibility index (Phi) is 5.32. The minimum absolute atomic E-state index is 0.214. The number of H-pyrrole nitrogens is 1. The van der Waals surface area contributed by atoms with Gasteiger partial charge in [-0.2, -0.15) is 0 Å². The van der Waals surface area contributed by atoms with Crippen molar-refractivity contribution in [1.82, 2.24) is 19.5 Å². The van der Waals surface area contributed by atoms with Crippen molar-refractivity contribution in [2.45, 2.75) is 6.92 Å². The number of fused-ring (bicyclic) bond motifs is 1. The van der Waals surface area contributed by atoms with Crippen molar-refractivity contribution < 1.29 is 9.47 Å². The summed E-state index contributed by atoms with van der Waals surface area (Å²) in [5, 5.41) is 0.920. The van der Waals surface area contributed by atoms with Gasteiger partial charge < -0.3 is 19.4 Å². The third kappa shape index (κ3) is 3.51. The van der Waals surface area contributed by atoms with E-state index >= 15 is 0 Å². The van der Waals surface area contributed by atoms with Gasteiger partial charge in [-0.1, -0.05) is 11.6 Å². The molecular weight excluding hydrogens is 430 g/mol. The van der Waals surface area contributed by atoms with E-state index in [9.17, 15) is 4.79 Å². The molecule has 8 nitrogen and oxygen atoms in total. The van der Waals surface area contributed by atoms with Crippen molar-refractivity contribution in [3.63, 3.8) is 0 Å². The van der Waals surface area contributed by atoms with Crippen LogP contribution in [0.5, 0.6) is 5.75 Å². The van der Waals surface area contributed by atoms with Crippen LogP contribution >= 0.6 is 11.6 Å². The Hall–Kier alpha value is -3.36. The molecule has 0 amide bonds. The van der Waals surface area contributed by atoms with E-state index in [2.05, 4.69) is 19.9 Å². The molecule has 0 saturated carbocycles. The normalized spacial score (nSPS) is 14.2. The lowest BCUT2D eigenvalue weighted by molar-refractivity contribution is 0.122. The van der Waals surface area contributed by atoms with Crippen molar-refractivity contribution in [2.24, 2.45) is 0 Å². The molecule has 0 aliphatic carbocycles. The van der Waals surface area contributed by atoms with Gasteiger partial charge in [0.25, 0.3) is 5.56 Å². The first-order chi connectivity index (χ1) is 15.6. The van der Waals surface area contributed by atoms with Gasteiger partial charge in [-0.25, -0.2) is 9.97 Å². The third-order valence-corrected chi connectivity index (χ3v) is 6.04. The Bertz CT molecular complexity index is 1340. The molecule has 1 aliphatic rings. The summed E-state index contributed by atoms with van der Waals surface area (Å²) in [7, 11) is 1.58. The third-order valence-electron chi connectivity index (χ3n) is 5.74. The number of hydrogen-bond acceptors (Lipinski definition) is 6. The number of morpholine rings is 1. The second-order valence-electron chi connectivity index (χ2n) is 7.59. The SMILES string of the molecule is COc1ccc(Cl)c(-n2cnc3[nH]c(-c4ccc(N5CCOCC5)nc4)cc3c2=O)c1C. The van der Waals surface area contributed by atoms with Crippen LogP contribution in [0.1, 0.15) is 5.56 Å². The number of halogens is 1. The molecule has 3 aromatic heterocycles. The van der Waals surface area contributed by atoms with Crippen LogP contribution < -0.4 is 15.2 Å². The van der Waals surface area contributed by atoms with E-state index in [4.69, 9.17) is 21.1 Å². The molecule has 9 heteroatoms. The monoisotopic (exact) mass is 451 g/mol. The van der Waals surface area contributed by atoms with E-state index < -0.39 is 0 Å². The minimum atomic E-state index is -0.214. The first-order valence-corrected chi connectivity index (χ1v) is 10.7. The number of nitrogens with one attached hydrogen (secondary N) is 1. The highest BCUT2D eigenvalue weighted by Gasteiger charge is 2.17. The number of methoxy groups -OCH3 is 1. The maximum Gasteiger partial charge on any atom is 0.267 e. The molecule has 0 radical (unpaired) electrons. The smallest absolute Gasteiger partial charge is 0.267 e. The molecule has 5 rings (SSSR count). The summed E-state index contributed by atoms with van der Waals surface area (Å²) in [6.45, 7) is 4.93. The lowest BCUT2D eigenvalue weighted by Crippen LogP contribution is -2.36. The van der Waals surface area contributed by atoms with Gasteiger partial charge in [-0.05, 0) is 37.3 Å². The maximum atomic E-state index is 13.3. The summed E-state index contributed by atoms with van der Waals surface area (Å²) in [6, 6.07) is 9.26. The molecule has 4 heterocycles. The Morgan fingerprint density at radius 3 is 2.69 bits per heavy atom. The number of aromatic amines is 1. The highest BCUT2D eigenvalue weighted by Crippen LogP contribution is 2.31. The zero-order valence-electron chi connectivity index (χ0n) is 17.8. The van der Waals surface area contributed by atoms with Crippen molar-refractivity contribution in [1.29, 1.82) is 0 Å². The quantitative estimate of drug-likeness (QED) is 0.510. The van der Waals surface area contributed by atoms with Gasteiger partial charge in [0, 0.05) is 36.1 Å². The number of aromatic nitrogens is 4. The number of hydrogen-bond donors (Lipinski definition) is 1. The molecule has 0 unspecified atom stereocenters. The lowest BCUT2D eigenvalue weighted by atomic mass is 10.1. The van der Waals surface area contributed by atoms with Crippen LogP contribution in [0, 0.1) is 6.92 Å². The van der Waals surface area contributed by atoms with E-state index in [-0.39, 0.29) is 5.56 Å². The molecule has 1 N–H and O–H groups in total. The van der Waals surface area contributed by atoms with Crippen LogP contribution in [-0.2, 0) is 4.74 Å². The largest absolute Gasteiger partial charge is 0.496 e. The van der Waals surface area contributed by atoms with Crippen LogP contribution in [0.3, 0.4) is 0 Å². The number of pyridine rings is 1. The number of rotatable bonds is 4. The van der Waals surface area contributed by atoms with Crippen LogP contribution in [0.15, 0.2) is 47.7 Å². The molecule has 32 heavy (non-hydrogen) atoms. The molecule has 1 fully saturated rings. The number of anilines is 1. The highest BCUT2D eigenvalue weighted by molar-refractivity contribution is 6.32. The Labute approximate surface area is 189 Å². The standard InChI is InChI=1S/C23H22ClN5O3/c1-14-19(31-2)5-4-17(24)21(14)29-13-26-22-16(23(29)30)11-18(27-22)15-3-6-20(25-12-15)28-7-9-32-10-8-28/h3-6,11-13,27H,7-10H2,1-2H3. The fourth-order valence-corrected chi connectivity index (χ4v) is 4.31. The molecule has 4 aromatic rings. The van der Waals surface area contributed by atoms with Gasteiger partial charge >= 0.3 is 0 Å². The molecule has 1 aromatic carbocycles. The van der Waals surface area contributed by atoms with E-state index in [0.29, 0.717) is 40.7 Å². The van der Waals surface area contributed by atoms with Crippen molar-refractivity contribution >= 4 is 28.5 Å². The molecule has 1 aliphatic heterocycles. The van der Waals surface area contributed by atoms with Crippen molar-refractivity contribution in [2.75, 3.05) is 38.3 Å². The average molecular weight is 452 g/mol. The summed E-state index contributed by atoms with van der Waals surface area (Å²) < 4.78 is 12.2. The van der Waals surface area contributed by atoms with Crippen LogP contribution in [0.4, 0.5) is 5.82 Å². The van der Waals surface area contributed by atoms with E-state index in [1.54, 1.807) is 31.5 Å². The van der Waals surface area contributed by atoms with Crippen LogP contribution in [-0.4, -0.2) is 52.9 Å². The van der Waals surface area contributed by atoms with Gasteiger partial charge in [-0.15, -0.1) is 0 Å². The molecule has 1 saturated heterocycles. The number of benzene rings is 1. The highest BCUT2D eigenvalue weighted by atomic mass is 35.5. The minimum Gasteiger partial charge on any atom is -0.496 e. The van der Waals surface area contributed by atoms with Crippen molar-refractivity contribution in [3.05, 3.63) is 63.8 Å².